The average molecular weight is 297 g/mol. The first-order chi connectivity index (χ1) is 11.4. The Labute approximate surface area is 131 Å². The summed E-state index contributed by atoms with van der Waals surface area (Å²) in [7, 11) is 0. The fourth-order valence-corrected chi connectivity index (χ4v) is 3.06. The molecule has 0 fully saturated rings. The molecule has 0 unspecified atom stereocenters. The van der Waals surface area contributed by atoms with Crippen molar-refractivity contribution in [2.75, 3.05) is 0 Å². The molecule has 1 N–H and O–H groups in total. The largest absolute Gasteiger partial charge is 0.265 e. The van der Waals surface area contributed by atoms with Gasteiger partial charge in [0.05, 0.1) is 17.4 Å². The van der Waals surface area contributed by atoms with Gasteiger partial charge in [-0.25, -0.2) is 9.97 Å². The fraction of sp³-hybridized carbons (Fsp3) is 0. The number of hydrogen-bond donors (Lipinski definition) is 1. The fourth-order valence-electron chi connectivity index (χ4n) is 3.06. The Kier molecular flexibility index (Phi) is 2.43. The highest BCUT2D eigenvalue weighted by Gasteiger charge is 2.14. The smallest absolute Gasteiger partial charge is 0.154 e. The maximum Gasteiger partial charge on any atom is 0.154 e. The Morgan fingerprint density at radius 1 is 0.826 bits per heavy atom. The number of para-hydroxylation sites is 1. The molecule has 108 valence electrons. The molecule has 5 rings (SSSR count). The van der Waals surface area contributed by atoms with E-state index in [-0.39, 0.29) is 0 Å². The van der Waals surface area contributed by atoms with E-state index in [1.165, 1.54) is 0 Å². The van der Waals surface area contributed by atoms with Gasteiger partial charge in [0.1, 0.15) is 0 Å². The van der Waals surface area contributed by atoms with Gasteiger partial charge in [-0.1, -0.05) is 18.2 Å². The van der Waals surface area contributed by atoms with Gasteiger partial charge in [-0.3, -0.25) is 10.1 Å². The summed E-state index contributed by atoms with van der Waals surface area (Å²) in [5.41, 5.74) is 3.63. The zero-order valence-corrected chi connectivity index (χ0v) is 12.1. The third-order valence-corrected chi connectivity index (χ3v) is 4.10. The molecule has 5 aromatic rings. The van der Waals surface area contributed by atoms with Crippen LogP contribution in [0.3, 0.4) is 0 Å². The standard InChI is InChI=1S/C18H11N5/c1-2-4-15-12(3-1)13-10-21-23-18-16(13)14(9-20-18)17(22-15)11-5-7-19-8-6-11/h1-10H,(H,20,23). The maximum atomic E-state index is 4.93. The number of rotatable bonds is 1. The predicted molar refractivity (Wildman–Crippen MR) is 89.9 cm³/mol. The van der Waals surface area contributed by atoms with Gasteiger partial charge in [0.15, 0.2) is 5.65 Å². The maximum absolute atomic E-state index is 4.93. The zero-order valence-electron chi connectivity index (χ0n) is 12.1. The Morgan fingerprint density at radius 3 is 2.61 bits per heavy atom. The summed E-state index contributed by atoms with van der Waals surface area (Å²) in [5.74, 6) is 0. The lowest BCUT2D eigenvalue weighted by Gasteiger charge is -1.99. The molecular formula is C18H11N5. The summed E-state index contributed by atoms with van der Waals surface area (Å²) < 4.78 is 0. The number of pyridine rings is 1. The van der Waals surface area contributed by atoms with Crippen molar-refractivity contribution in [1.29, 1.82) is 0 Å². The van der Waals surface area contributed by atoms with Gasteiger partial charge in [-0.15, -0.1) is 0 Å². The third kappa shape index (κ3) is 1.73. The number of nitrogens with zero attached hydrogens (tertiary/aromatic N) is 4. The van der Waals surface area contributed by atoms with Gasteiger partial charge in [-0.2, -0.15) is 5.10 Å². The van der Waals surface area contributed by atoms with Gasteiger partial charge < -0.3 is 0 Å². The van der Waals surface area contributed by atoms with Gasteiger partial charge in [-0.05, 0) is 18.2 Å². The summed E-state index contributed by atoms with van der Waals surface area (Å²) in [4.78, 5) is 13.5. The zero-order chi connectivity index (χ0) is 15.2. The van der Waals surface area contributed by atoms with Crippen molar-refractivity contribution in [3.8, 4) is 11.3 Å². The van der Waals surface area contributed by atoms with Crippen molar-refractivity contribution >= 4 is 32.7 Å². The molecule has 0 aliphatic heterocycles. The molecule has 0 atom stereocenters. The molecule has 0 aliphatic rings. The normalized spacial score (nSPS) is 11.5. The molecule has 0 amide bonds. The van der Waals surface area contributed by atoms with Gasteiger partial charge in [0, 0.05) is 45.7 Å². The van der Waals surface area contributed by atoms with E-state index in [4.69, 9.17) is 4.98 Å². The van der Waals surface area contributed by atoms with Crippen LogP contribution in [0.4, 0.5) is 0 Å². The van der Waals surface area contributed by atoms with Crippen molar-refractivity contribution in [3.63, 3.8) is 0 Å². The minimum Gasteiger partial charge on any atom is -0.265 e. The lowest BCUT2D eigenvalue weighted by atomic mass is 10.1. The summed E-state index contributed by atoms with van der Waals surface area (Å²) in [6, 6.07) is 12.1. The van der Waals surface area contributed by atoms with Crippen molar-refractivity contribution in [2.45, 2.75) is 0 Å². The van der Waals surface area contributed by atoms with Crippen LogP contribution in [0.1, 0.15) is 0 Å². The predicted octanol–water partition coefficient (Wildman–Crippen LogP) is 3.72. The van der Waals surface area contributed by atoms with Crippen LogP contribution in [0.25, 0.3) is 44.0 Å². The molecule has 23 heavy (non-hydrogen) atoms. The van der Waals surface area contributed by atoms with E-state index in [1.807, 2.05) is 42.7 Å². The quantitative estimate of drug-likeness (QED) is 0.512. The number of aromatic amines is 1. The highest BCUT2D eigenvalue weighted by molar-refractivity contribution is 6.19. The van der Waals surface area contributed by atoms with Gasteiger partial charge in [0.25, 0.3) is 0 Å². The van der Waals surface area contributed by atoms with E-state index >= 15 is 0 Å². The summed E-state index contributed by atoms with van der Waals surface area (Å²) >= 11 is 0. The van der Waals surface area contributed by atoms with Crippen molar-refractivity contribution in [1.82, 2.24) is 25.1 Å². The van der Waals surface area contributed by atoms with E-state index in [0.717, 1.165) is 44.0 Å². The van der Waals surface area contributed by atoms with Gasteiger partial charge >= 0.3 is 0 Å². The van der Waals surface area contributed by atoms with Crippen LogP contribution in [-0.4, -0.2) is 25.1 Å². The number of benzene rings is 1. The number of nitrogens with one attached hydrogen (secondary N) is 1. The van der Waals surface area contributed by atoms with Crippen molar-refractivity contribution in [2.24, 2.45) is 0 Å². The van der Waals surface area contributed by atoms with E-state index in [1.54, 1.807) is 12.4 Å². The number of fused-ring (bicyclic) bond motifs is 2. The molecular weight excluding hydrogens is 286 g/mol. The van der Waals surface area contributed by atoms with E-state index < -0.39 is 0 Å². The van der Waals surface area contributed by atoms with E-state index in [2.05, 4.69) is 26.2 Å². The van der Waals surface area contributed by atoms with Gasteiger partial charge in [0.2, 0.25) is 0 Å². The Balaban J connectivity index is 2.10. The number of H-pyrrole nitrogens is 1. The van der Waals surface area contributed by atoms with Crippen LogP contribution < -0.4 is 0 Å². The second-order valence-corrected chi connectivity index (χ2v) is 5.39. The SMILES string of the molecule is c1ccc2c(c1)nc(-c1ccncc1)c1cnc3[nH]ncc2c31. The van der Waals surface area contributed by atoms with Crippen LogP contribution in [-0.2, 0) is 0 Å². The van der Waals surface area contributed by atoms with E-state index in [9.17, 15) is 0 Å². The molecule has 0 radical (unpaired) electrons. The summed E-state index contributed by atoms with van der Waals surface area (Å²) in [5, 5.41) is 11.4. The lowest BCUT2D eigenvalue weighted by Crippen LogP contribution is -1.82. The first-order valence-electron chi connectivity index (χ1n) is 7.33. The van der Waals surface area contributed by atoms with E-state index in [0.29, 0.717) is 0 Å². The Bertz CT molecular complexity index is 1160. The molecule has 4 heterocycles. The molecule has 0 bridgehead atoms. The first-order valence-corrected chi connectivity index (χ1v) is 7.33. The highest BCUT2D eigenvalue weighted by atomic mass is 15.1. The Morgan fingerprint density at radius 2 is 1.70 bits per heavy atom. The van der Waals surface area contributed by atoms with Crippen LogP contribution in [0.15, 0.2) is 61.2 Å². The molecule has 0 saturated heterocycles. The molecule has 0 saturated carbocycles. The van der Waals surface area contributed by atoms with Crippen LogP contribution in [0.2, 0.25) is 0 Å². The Hall–Kier alpha value is -3.34. The van der Waals surface area contributed by atoms with Crippen LogP contribution >= 0.6 is 0 Å². The minimum atomic E-state index is 0.774. The second kappa shape index (κ2) is 4.58. The number of aromatic nitrogens is 5. The van der Waals surface area contributed by atoms with Crippen molar-refractivity contribution in [3.05, 3.63) is 61.2 Å². The number of hydrogen-bond acceptors (Lipinski definition) is 4. The highest BCUT2D eigenvalue weighted by Crippen LogP contribution is 2.34. The lowest BCUT2D eigenvalue weighted by molar-refractivity contribution is 1.07. The summed E-state index contributed by atoms with van der Waals surface area (Å²) in [6.07, 6.45) is 7.26. The molecule has 5 heteroatoms. The minimum absolute atomic E-state index is 0.774. The molecule has 1 aromatic carbocycles. The first kappa shape index (κ1) is 12.2. The second-order valence-electron chi connectivity index (χ2n) is 5.39. The average Bonchev–Trinajstić information content (AvgIpc) is 2.98. The molecule has 4 aromatic heterocycles. The molecule has 0 aliphatic carbocycles. The molecule has 0 spiro atoms. The van der Waals surface area contributed by atoms with Crippen molar-refractivity contribution < 1.29 is 0 Å². The summed E-state index contributed by atoms with van der Waals surface area (Å²) in [6.45, 7) is 0. The van der Waals surface area contributed by atoms with Crippen LogP contribution in [0.5, 0.6) is 0 Å². The monoisotopic (exact) mass is 297 g/mol. The third-order valence-electron chi connectivity index (χ3n) is 4.10. The van der Waals surface area contributed by atoms with Crippen LogP contribution in [0, 0.1) is 0 Å². The topological polar surface area (TPSA) is 67.3 Å². The molecule has 5 nitrogen and oxygen atoms in total.